The molecule has 2 atom stereocenters. The van der Waals surface area contributed by atoms with E-state index in [0.29, 0.717) is 5.91 Å². The average Bonchev–Trinajstić information content (AvgIpc) is 3.23. The molecule has 1 saturated heterocycles. The highest BCUT2D eigenvalue weighted by atomic mass is 35.5. The van der Waals surface area contributed by atoms with Gasteiger partial charge in [0.15, 0.2) is 0 Å². The van der Waals surface area contributed by atoms with Gasteiger partial charge in [-0.25, -0.2) is 0 Å². The lowest BCUT2D eigenvalue weighted by molar-refractivity contribution is -0.133. The smallest absolute Gasteiger partial charge is 0.226 e. The summed E-state index contributed by atoms with van der Waals surface area (Å²) in [7, 11) is 0. The van der Waals surface area contributed by atoms with E-state index < -0.39 is 0 Å². The molecular formula is C17H23ClN2O. The highest BCUT2D eigenvalue weighted by Crippen LogP contribution is 2.60. The van der Waals surface area contributed by atoms with Crippen molar-refractivity contribution in [2.75, 3.05) is 26.2 Å². The lowest BCUT2D eigenvalue weighted by atomic mass is 9.78. The summed E-state index contributed by atoms with van der Waals surface area (Å²) in [4.78, 5) is 14.8. The van der Waals surface area contributed by atoms with Gasteiger partial charge in [-0.15, -0.1) is 12.4 Å². The Balaban J connectivity index is 0.00000132. The molecule has 0 aromatic heterocycles. The number of halogens is 1. The molecule has 1 heterocycles. The van der Waals surface area contributed by atoms with E-state index in [1.54, 1.807) is 0 Å². The normalized spacial score (nSPS) is 30.5. The van der Waals surface area contributed by atoms with Gasteiger partial charge in [-0.1, -0.05) is 24.3 Å². The fourth-order valence-electron chi connectivity index (χ4n) is 4.26. The van der Waals surface area contributed by atoms with Crippen LogP contribution in [0.2, 0.25) is 0 Å². The lowest BCUT2D eigenvalue weighted by Gasteiger charge is -2.30. The second kappa shape index (κ2) is 5.62. The number of aryl methyl sites for hydroxylation is 1. The molecule has 1 amide bonds. The molecule has 2 aliphatic carbocycles. The zero-order chi connectivity index (χ0) is 13.6. The van der Waals surface area contributed by atoms with Crippen molar-refractivity contribution in [1.29, 1.82) is 0 Å². The van der Waals surface area contributed by atoms with Crippen LogP contribution in [0.4, 0.5) is 0 Å². The second-order valence-corrected chi connectivity index (χ2v) is 6.50. The van der Waals surface area contributed by atoms with Crippen LogP contribution in [0.5, 0.6) is 0 Å². The third kappa shape index (κ3) is 2.36. The molecule has 3 aliphatic rings. The number of nitrogens with zero attached hydrogens (tertiary/aromatic N) is 1. The second-order valence-electron chi connectivity index (χ2n) is 6.50. The number of nitrogens with one attached hydrogen (secondary N) is 1. The molecule has 1 aromatic rings. The molecular weight excluding hydrogens is 284 g/mol. The summed E-state index contributed by atoms with van der Waals surface area (Å²) in [5, 5.41) is 3.32. The molecule has 3 nitrogen and oxygen atoms in total. The molecule has 4 heteroatoms. The van der Waals surface area contributed by atoms with Gasteiger partial charge in [0.1, 0.15) is 0 Å². The molecule has 2 fully saturated rings. The zero-order valence-corrected chi connectivity index (χ0v) is 13.1. The fourth-order valence-corrected chi connectivity index (χ4v) is 4.26. The summed E-state index contributed by atoms with van der Waals surface area (Å²) in [6, 6.07) is 8.78. The first-order valence-corrected chi connectivity index (χ1v) is 7.89. The Morgan fingerprint density at radius 1 is 1.24 bits per heavy atom. The van der Waals surface area contributed by atoms with E-state index in [2.05, 4.69) is 34.5 Å². The van der Waals surface area contributed by atoms with Crippen LogP contribution in [-0.2, 0) is 16.6 Å². The maximum absolute atomic E-state index is 12.7. The molecule has 1 N–H and O–H groups in total. The minimum Gasteiger partial charge on any atom is -0.340 e. The van der Waals surface area contributed by atoms with Crippen molar-refractivity contribution < 1.29 is 4.79 Å². The van der Waals surface area contributed by atoms with Gasteiger partial charge in [0.05, 0.1) is 0 Å². The molecule has 21 heavy (non-hydrogen) atoms. The van der Waals surface area contributed by atoms with Crippen molar-refractivity contribution in [3.63, 3.8) is 0 Å². The van der Waals surface area contributed by atoms with E-state index in [1.165, 1.54) is 30.4 Å². The van der Waals surface area contributed by atoms with Crippen LogP contribution in [-0.4, -0.2) is 37.0 Å². The lowest BCUT2D eigenvalue weighted by Crippen LogP contribution is -2.47. The molecule has 0 radical (unpaired) electrons. The number of carbonyl (C=O) groups is 1. The Hall–Kier alpha value is -1.06. The predicted molar refractivity (Wildman–Crippen MR) is 85.9 cm³/mol. The number of hydrogen-bond donors (Lipinski definition) is 1. The maximum Gasteiger partial charge on any atom is 0.226 e. The minimum absolute atomic E-state index is 0. The third-order valence-corrected chi connectivity index (χ3v) is 5.42. The Morgan fingerprint density at radius 2 is 2.00 bits per heavy atom. The van der Waals surface area contributed by atoms with Crippen molar-refractivity contribution in [2.24, 2.45) is 5.92 Å². The first-order chi connectivity index (χ1) is 9.81. The monoisotopic (exact) mass is 306 g/mol. The standard InChI is InChI=1S/C17H22N2O.ClH/c20-16(19-10-8-18-9-11-19)15-12-17(15)7-3-5-13-4-1-2-6-14(13)17;/h1-2,4,6,15,18H,3,5,7-12H2;1H. The number of hydrogen-bond acceptors (Lipinski definition) is 2. The van der Waals surface area contributed by atoms with Crippen LogP contribution < -0.4 is 5.32 Å². The summed E-state index contributed by atoms with van der Waals surface area (Å²) in [6.07, 6.45) is 4.70. The van der Waals surface area contributed by atoms with Gasteiger partial charge in [0.2, 0.25) is 5.91 Å². The van der Waals surface area contributed by atoms with Gasteiger partial charge >= 0.3 is 0 Å². The molecule has 2 unspecified atom stereocenters. The number of fused-ring (bicyclic) bond motifs is 2. The van der Waals surface area contributed by atoms with Gasteiger partial charge in [-0.05, 0) is 36.8 Å². The minimum atomic E-state index is 0. The zero-order valence-electron chi connectivity index (χ0n) is 12.3. The van der Waals surface area contributed by atoms with Crippen LogP contribution in [0.25, 0.3) is 0 Å². The first kappa shape index (κ1) is 14.9. The Labute approximate surface area is 132 Å². The van der Waals surface area contributed by atoms with Crippen molar-refractivity contribution >= 4 is 18.3 Å². The predicted octanol–water partition coefficient (Wildman–Crippen LogP) is 2.13. The van der Waals surface area contributed by atoms with Crippen molar-refractivity contribution in [2.45, 2.75) is 31.1 Å². The number of amides is 1. The molecule has 4 rings (SSSR count). The van der Waals surface area contributed by atoms with Crippen molar-refractivity contribution in [3.8, 4) is 0 Å². The largest absolute Gasteiger partial charge is 0.340 e. The Kier molecular flexibility index (Phi) is 3.98. The van der Waals surface area contributed by atoms with Gasteiger partial charge in [0, 0.05) is 37.5 Å². The van der Waals surface area contributed by atoms with Crippen LogP contribution in [0.15, 0.2) is 24.3 Å². The fraction of sp³-hybridized carbons (Fsp3) is 0.588. The number of rotatable bonds is 1. The molecule has 1 spiro atoms. The van der Waals surface area contributed by atoms with Crippen LogP contribution in [0, 0.1) is 5.92 Å². The van der Waals surface area contributed by atoms with E-state index in [4.69, 9.17) is 0 Å². The average molecular weight is 307 g/mol. The number of piperazine rings is 1. The summed E-state index contributed by atoms with van der Waals surface area (Å²) < 4.78 is 0. The Bertz CT molecular complexity index is 541. The molecule has 1 saturated carbocycles. The summed E-state index contributed by atoms with van der Waals surface area (Å²) in [5.74, 6) is 0.658. The summed E-state index contributed by atoms with van der Waals surface area (Å²) in [6.45, 7) is 3.66. The SMILES string of the molecule is Cl.O=C(C1CC12CCCc1ccccc12)N1CCNCC1. The van der Waals surface area contributed by atoms with E-state index in [-0.39, 0.29) is 23.7 Å². The van der Waals surface area contributed by atoms with Gasteiger partial charge in [-0.2, -0.15) is 0 Å². The number of carbonyl (C=O) groups excluding carboxylic acids is 1. The van der Waals surface area contributed by atoms with Crippen LogP contribution in [0.3, 0.4) is 0 Å². The highest BCUT2D eigenvalue weighted by Gasteiger charge is 2.60. The van der Waals surface area contributed by atoms with E-state index in [1.807, 2.05) is 0 Å². The van der Waals surface area contributed by atoms with Gasteiger partial charge in [0.25, 0.3) is 0 Å². The van der Waals surface area contributed by atoms with Crippen LogP contribution >= 0.6 is 12.4 Å². The third-order valence-electron chi connectivity index (χ3n) is 5.42. The van der Waals surface area contributed by atoms with Crippen molar-refractivity contribution in [3.05, 3.63) is 35.4 Å². The quantitative estimate of drug-likeness (QED) is 0.862. The summed E-state index contributed by atoms with van der Waals surface area (Å²) in [5.41, 5.74) is 3.14. The first-order valence-electron chi connectivity index (χ1n) is 7.89. The molecule has 0 bridgehead atoms. The van der Waals surface area contributed by atoms with Gasteiger partial charge < -0.3 is 10.2 Å². The van der Waals surface area contributed by atoms with E-state index in [9.17, 15) is 4.79 Å². The van der Waals surface area contributed by atoms with E-state index in [0.717, 1.165) is 32.6 Å². The topological polar surface area (TPSA) is 32.3 Å². The molecule has 1 aromatic carbocycles. The maximum atomic E-state index is 12.7. The van der Waals surface area contributed by atoms with E-state index >= 15 is 0 Å². The molecule has 114 valence electrons. The Morgan fingerprint density at radius 3 is 2.81 bits per heavy atom. The van der Waals surface area contributed by atoms with Gasteiger partial charge in [-0.3, -0.25) is 4.79 Å². The number of benzene rings is 1. The van der Waals surface area contributed by atoms with Crippen molar-refractivity contribution in [1.82, 2.24) is 10.2 Å². The summed E-state index contributed by atoms with van der Waals surface area (Å²) >= 11 is 0. The highest BCUT2D eigenvalue weighted by molar-refractivity contribution is 5.85. The molecule has 1 aliphatic heterocycles. The van der Waals surface area contributed by atoms with Crippen LogP contribution in [0.1, 0.15) is 30.4 Å².